The summed E-state index contributed by atoms with van der Waals surface area (Å²) < 4.78 is 51.8. The predicted molar refractivity (Wildman–Crippen MR) is 158 cm³/mol. The van der Waals surface area contributed by atoms with E-state index in [1.54, 1.807) is 66.7 Å². The van der Waals surface area contributed by atoms with E-state index in [1.807, 2.05) is 0 Å². The Labute approximate surface area is 252 Å². The molecule has 224 valence electrons. The first kappa shape index (κ1) is 29.7. The molecule has 5 aromatic rings. The molecule has 5 rings (SSSR count). The number of para-hydroxylation sites is 2. The van der Waals surface area contributed by atoms with Crippen molar-refractivity contribution >= 4 is 27.8 Å². The van der Waals surface area contributed by atoms with E-state index >= 15 is 0 Å². The molecule has 44 heavy (non-hydrogen) atoms. The highest BCUT2D eigenvalue weighted by molar-refractivity contribution is 7.92. The third-order valence-electron chi connectivity index (χ3n) is 5.62. The van der Waals surface area contributed by atoms with Gasteiger partial charge in [0.25, 0.3) is 15.9 Å². The highest BCUT2D eigenvalue weighted by Gasteiger charge is 2.26. The van der Waals surface area contributed by atoms with Crippen molar-refractivity contribution in [3.63, 3.8) is 0 Å². The number of sulfonamides is 1. The molecule has 14 nitrogen and oxygen atoms in total. The van der Waals surface area contributed by atoms with E-state index in [-0.39, 0.29) is 53.0 Å². The van der Waals surface area contributed by atoms with E-state index in [0.717, 1.165) is 0 Å². The van der Waals surface area contributed by atoms with Crippen LogP contribution in [0.2, 0.25) is 0 Å². The fourth-order valence-corrected chi connectivity index (χ4v) is 4.68. The summed E-state index contributed by atoms with van der Waals surface area (Å²) in [5, 5.41) is 2.49. The van der Waals surface area contributed by atoms with Crippen molar-refractivity contribution in [2.75, 3.05) is 30.4 Å². The zero-order valence-corrected chi connectivity index (χ0v) is 24.0. The number of rotatable bonds is 12. The molecule has 15 heteroatoms. The number of carbonyl (C=O) groups excluding carboxylic acids is 1. The van der Waals surface area contributed by atoms with Gasteiger partial charge in [-0.1, -0.05) is 36.4 Å². The molecule has 2 aromatic carbocycles. The number of aromatic nitrogens is 5. The van der Waals surface area contributed by atoms with E-state index in [1.165, 1.54) is 37.8 Å². The molecule has 3 aromatic heterocycles. The van der Waals surface area contributed by atoms with Crippen molar-refractivity contribution in [1.82, 2.24) is 24.9 Å². The number of hydrogen-bond acceptors (Lipinski definition) is 12. The van der Waals surface area contributed by atoms with Crippen LogP contribution in [0.15, 0.2) is 102 Å². The van der Waals surface area contributed by atoms with Crippen LogP contribution in [0.25, 0.3) is 11.6 Å². The smallest absolute Gasteiger partial charge is 0.412 e. The van der Waals surface area contributed by atoms with Gasteiger partial charge in [0.1, 0.15) is 19.0 Å². The average Bonchev–Trinajstić information content (AvgIpc) is 3.05. The van der Waals surface area contributed by atoms with Gasteiger partial charge in [0.05, 0.1) is 12.0 Å². The van der Waals surface area contributed by atoms with E-state index in [9.17, 15) is 13.2 Å². The van der Waals surface area contributed by atoms with Crippen LogP contribution >= 0.6 is 0 Å². The van der Waals surface area contributed by atoms with E-state index in [2.05, 4.69) is 35.0 Å². The van der Waals surface area contributed by atoms with Gasteiger partial charge in [-0.15, -0.1) is 0 Å². The molecular formula is C29H25N7O7S. The van der Waals surface area contributed by atoms with Crippen molar-refractivity contribution in [2.24, 2.45) is 0 Å². The van der Waals surface area contributed by atoms with Gasteiger partial charge in [0.2, 0.25) is 11.6 Å². The van der Waals surface area contributed by atoms with Crippen LogP contribution in [0.3, 0.4) is 0 Å². The molecule has 0 bridgehead atoms. The molecule has 0 saturated heterocycles. The van der Waals surface area contributed by atoms with Crippen molar-refractivity contribution in [2.45, 2.75) is 4.90 Å². The van der Waals surface area contributed by atoms with Crippen molar-refractivity contribution < 1.29 is 32.2 Å². The number of amides is 1. The summed E-state index contributed by atoms with van der Waals surface area (Å²) in [5.41, 5.74) is 0. The Balaban J connectivity index is 1.49. The molecule has 0 saturated carbocycles. The maximum Gasteiger partial charge on any atom is 0.412 e. The summed E-state index contributed by atoms with van der Waals surface area (Å²) in [4.78, 5) is 33.3. The van der Waals surface area contributed by atoms with Gasteiger partial charge in [0, 0.05) is 18.6 Å². The highest BCUT2D eigenvalue weighted by Crippen LogP contribution is 2.41. The lowest BCUT2D eigenvalue weighted by Crippen LogP contribution is -2.19. The Morgan fingerprint density at radius 1 is 0.773 bits per heavy atom. The first-order valence-corrected chi connectivity index (χ1v) is 14.5. The van der Waals surface area contributed by atoms with Crippen LogP contribution in [0.1, 0.15) is 0 Å². The molecule has 1 amide bonds. The standard InChI is InChI=1S/C29H25N7O7S/c1-40-21-12-5-6-13-22(21)43-24-25(36-44(38,39)20-10-3-2-4-11-20)34-27(26-31-16-9-17-32-26)35-28(24)41-18-19-42-29(37)33-23-14-7-8-15-30-23/h2-17H,18-19H2,1H3,(H,30,33,37)(H,34,35,36). The average molecular weight is 616 g/mol. The largest absolute Gasteiger partial charge is 0.493 e. The molecule has 2 N–H and O–H groups in total. The molecular weight excluding hydrogens is 590 g/mol. The normalized spacial score (nSPS) is 10.8. The lowest BCUT2D eigenvalue weighted by molar-refractivity contribution is 0.135. The number of carbonyl (C=O) groups is 1. The molecule has 3 heterocycles. The fourth-order valence-electron chi connectivity index (χ4n) is 3.65. The first-order valence-electron chi connectivity index (χ1n) is 13.0. The molecule has 0 aliphatic rings. The number of hydrogen-bond donors (Lipinski definition) is 2. The molecule has 0 radical (unpaired) electrons. The Morgan fingerprint density at radius 2 is 1.48 bits per heavy atom. The Morgan fingerprint density at radius 3 is 2.20 bits per heavy atom. The summed E-state index contributed by atoms with van der Waals surface area (Å²) in [6, 6.07) is 21.0. The van der Waals surface area contributed by atoms with E-state index in [4.69, 9.17) is 18.9 Å². The molecule has 0 aliphatic carbocycles. The third kappa shape index (κ3) is 7.51. The second-order valence-electron chi connectivity index (χ2n) is 8.60. The number of pyridine rings is 1. The zero-order valence-electron chi connectivity index (χ0n) is 23.2. The van der Waals surface area contributed by atoms with Crippen LogP contribution in [-0.2, 0) is 14.8 Å². The summed E-state index contributed by atoms with van der Waals surface area (Å²) in [7, 11) is -2.70. The van der Waals surface area contributed by atoms with Crippen LogP contribution in [0.5, 0.6) is 23.1 Å². The van der Waals surface area contributed by atoms with Gasteiger partial charge in [-0.05, 0) is 42.5 Å². The molecule has 0 atom stereocenters. The minimum atomic E-state index is -4.16. The maximum absolute atomic E-state index is 13.4. The van der Waals surface area contributed by atoms with E-state index < -0.39 is 16.1 Å². The van der Waals surface area contributed by atoms with Crippen LogP contribution in [-0.4, -0.2) is 59.8 Å². The Kier molecular flexibility index (Phi) is 9.36. The zero-order chi connectivity index (χ0) is 30.8. The third-order valence-corrected chi connectivity index (χ3v) is 6.97. The summed E-state index contributed by atoms with van der Waals surface area (Å²) in [6.45, 7) is -0.409. The number of nitrogens with zero attached hydrogens (tertiary/aromatic N) is 5. The van der Waals surface area contributed by atoms with Crippen LogP contribution < -0.4 is 24.2 Å². The van der Waals surface area contributed by atoms with Crippen LogP contribution in [0.4, 0.5) is 16.4 Å². The predicted octanol–water partition coefficient (Wildman–Crippen LogP) is 4.56. The number of nitrogens with one attached hydrogen (secondary N) is 2. The van der Waals surface area contributed by atoms with Gasteiger partial charge in [-0.25, -0.2) is 33.1 Å². The van der Waals surface area contributed by atoms with Crippen molar-refractivity contribution in [1.29, 1.82) is 0 Å². The SMILES string of the molecule is COc1ccccc1Oc1c(NS(=O)(=O)c2ccccc2)nc(-c2ncccn2)nc1OCCOC(=O)Nc1ccccn1. The molecule has 0 spiro atoms. The van der Waals surface area contributed by atoms with Gasteiger partial charge in [0.15, 0.2) is 23.1 Å². The number of ether oxygens (including phenoxy) is 4. The van der Waals surface area contributed by atoms with Crippen molar-refractivity contribution in [3.05, 3.63) is 97.5 Å². The second kappa shape index (κ2) is 13.9. The van der Waals surface area contributed by atoms with E-state index in [0.29, 0.717) is 11.6 Å². The molecule has 0 fully saturated rings. The topological polar surface area (TPSA) is 177 Å². The minimum Gasteiger partial charge on any atom is -0.493 e. The Bertz CT molecular complexity index is 1810. The lowest BCUT2D eigenvalue weighted by atomic mass is 10.3. The Hall–Kier alpha value is -5.83. The van der Waals surface area contributed by atoms with Gasteiger partial charge in [-0.2, -0.15) is 4.98 Å². The summed E-state index contributed by atoms with van der Waals surface area (Å²) in [6.07, 6.45) is 3.73. The summed E-state index contributed by atoms with van der Waals surface area (Å²) >= 11 is 0. The molecule has 0 aliphatic heterocycles. The lowest BCUT2D eigenvalue weighted by Gasteiger charge is -2.18. The van der Waals surface area contributed by atoms with Gasteiger partial charge in [-0.3, -0.25) is 10.0 Å². The summed E-state index contributed by atoms with van der Waals surface area (Å²) in [5.74, 6) is 0.267. The van der Waals surface area contributed by atoms with Crippen LogP contribution in [0, 0.1) is 0 Å². The fraction of sp³-hybridized carbons (Fsp3) is 0.103. The maximum atomic E-state index is 13.4. The minimum absolute atomic E-state index is 0.0193. The number of benzene rings is 2. The quantitative estimate of drug-likeness (QED) is 0.187. The van der Waals surface area contributed by atoms with Gasteiger partial charge >= 0.3 is 6.09 Å². The number of anilines is 2. The molecule has 0 unspecified atom stereocenters. The number of methoxy groups -OCH3 is 1. The van der Waals surface area contributed by atoms with Gasteiger partial charge < -0.3 is 18.9 Å². The highest BCUT2D eigenvalue weighted by atomic mass is 32.2. The monoisotopic (exact) mass is 615 g/mol. The second-order valence-corrected chi connectivity index (χ2v) is 10.3. The van der Waals surface area contributed by atoms with Crippen molar-refractivity contribution in [3.8, 4) is 34.8 Å². The first-order chi connectivity index (χ1) is 21.4.